The van der Waals surface area contributed by atoms with Crippen molar-refractivity contribution in [3.63, 3.8) is 0 Å². The van der Waals surface area contributed by atoms with E-state index in [9.17, 15) is 4.79 Å². The van der Waals surface area contributed by atoms with E-state index in [2.05, 4.69) is 10.00 Å². The van der Waals surface area contributed by atoms with Crippen LogP contribution in [-0.2, 0) is 13.6 Å². The Morgan fingerprint density at radius 1 is 1.43 bits per heavy atom. The number of aryl methyl sites for hydroxylation is 2. The summed E-state index contributed by atoms with van der Waals surface area (Å²) in [6, 6.07) is 5.53. The molecule has 122 valence electrons. The van der Waals surface area contributed by atoms with Crippen LogP contribution in [0.4, 0.5) is 0 Å². The normalized spacial score (nSPS) is 19.0. The quantitative estimate of drug-likeness (QED) is 0.805. The van der Waals surface area contributed by atoms with Crippen LogP contribution in [0.3, 0.4) is 0 Å². The number of carbonyl (C=O) groups is 1. The first kappa shape index (κ1) is 16.2. The molecule has 0 bridgehead atoms. The van der Waals surface area contributed by atoms with Crippen molar-refractivity contribution in [2.75, 3.05) is 13.1 Å². The first-order valence-electron chi connectivity index (χ1n) is 8.03. The third-order valence-corrected chi connectivity index (χ3v) is 4.73. The van der Waals surface area contributed by atoms with Gasteiger partial charge in [-0.2, -0.15) is 5.10 Å². The molecule has 1 saturated heterocycles. The van der Waals surface area contributed by atoms with E-state index in [1.54, 1.807) is 6.07 Å². The molecule has 0 radical (unpaired) electrons. The molecule has 1 aromatic carbocycles. The van der Waals surface area contributed by atoms with Gasteiger partial charge in [-0.25, -0.2) is 0 Å². The van der Waals surface area contributed by atoms with Crippen LogP contribution in [0.1, 0.15) is 34.3 Å². The van der Waals surface area contributed by atoms with Gasteiger partial charge >= 0.3 is 0 Å². The van der Waals surface area contributed by atoms with Gasteiger partial charge in [0.1, 0.15) is 0 Å². The van der Waals surface area contributed by atoms with Crippen LogP contribution >= 0.6 is 11.6 Å². The van der Waals surface area contributed by atoms with E-state index in [0.717, 1.165) is 43.6 Å². The second-order valence-corrected chi connectivity index (χ2v) is 6.86. The van der Waals surface area contributed by atoms with Gasteiger partial charge in [-0.3, -0.25) is 14.4 Å². The van der Waals surface area contributed by atoms with Crippen LogP contribution in [0.25, 0.3) is 0 Å². The minimum atomic E-state index is 0.0697. The lowest BCUT2D eigenvalue weighted by atomic mass is 9.88. The number of carbonyl (C=O) groups excluding carboxylic acids is 1. The predicted octanol–water partition coefficient (Wildman–Crippen LogP) is 3.48. The Morgan fingerprint density at radius 2 is 2.26 bits per heavy atom. The molecule has 2 heterocycles. The Hall–Kier alpha value is -1.65. The second-order valence-electron chi connectivity index (χ2n) is 6.42. The topological polar surface area (TPSA) is 38.1 Å². The van der Waals surface area contributed by atoms with E-state index in [1.165, 1.54) is 5.56 Å². The van der Waals surface area contributed by atoms with Gasteiger partial charge in [-0.05, 0) is 50.1 Å². The van der Waals surface area contributed by atoms with Gasteiger partial charge in [0.05, 0.1) is 6.20 Å². The zero-order valence-corrected chi connectivity index (χ0v) is 14.4. The number of rotatable bonds is 4. The highest BCUT2D eigenvalue weighted by molar-refractivity contribution is 6.30. The van der Waals surface area contributed by atoms with Crippen LogP contribution in [0.5, 0.6) is 0 Å². The van der Waals surface area contributed by atoms with Gasteiger partial charge < -0.3 is 0 Å². The number of ketones is 1. The Bertz CT molecular complexity index is 710. The molecule has 0 saturated carbocycles. The Morgan fingerprint density at radius 3 is 2.96 bits per heavy atom. The van der Waals surface area contributed by atoms with Crippen molar-refractivity contribution in [1.29, 1.82) is 0 Å². The molecule has 5 heteroatoms. The first-order valence-corrected chi connectivity index (χ1v) is 8.41. The van der Waals surface area contributed by atoms with E-state index in [1.807, 2.05) is 43.2 Å². The number of likely N-dealkylation sites (tertiary alicyclic amines) is 1. The van der Waals surface area contributed by atoms with Crippen molar-refractivity contribution in [3.05, 3.63) is 52.3 Å². The average molecular weight is 332 g/mol. The number of aromatic nitrogens is 2. The van der Waals surface area contributed by atoms with E-state index < -0.39 is 0 Å². The highest BCUT2D eigenvalue weighted by atomic mass is 35.5. The monoisotopic (exact) mass is 331 g/mol. The first-order chi connectivity index (χ1) is 11.0. The fourth-order valence-electron chi connectivity index (χ4n) is 3.35. The molecule has 3 rings (SSSR count). The summed E-state index contributed by atoms with van der Waals surface area (Å²) in [5, 5.41) is 4.90. The standard InChI is InChI=1S/C18H22ClN3O/c1-13-8-16(19)5-6-17(13)18(23)15-4-3-7-22(12-15)11-14-9-20-21(2)10-14/h5-6,8-10,15H,3-4,7,11-12H2,1-2H3. The predicted molar refractivity (Wildman–Crippen MR) is 91.7 cm³/mol. The summed E-state index contributed by atoms with van der Waals surface area (Å²) in [7, 11) is 1.93. The smallest absolute Gasteiger partial charge is 0.167 e. The highest BCUT2D eigenvalue weighted by Gasteiger charge is 2.27. The molecule has 0 amide bonds. The number of halogens is 1. The molecule has 1 atom stereocenters. The average Bonchev–Trinajstić information content (AvgIpc) is 2.92. The highest BCUT2D eigenvalue weighted by Crippen LogP contribution is 2.25. The van der Waals surface area contributed by atoms with Crippen LogP contribution in [0, 0.1) is 12.8 Å². The Kier molecular flexibility index (Phi) is 4.83. The second kappa shape index (κ2) is 6.85. The summed E-state index contributed by atoms with van der Waals surface area (Å²) in [5.41, 5.74) is 2.97. The molecule has 1 aliphatic rings. The summed E-state index contributed by atoms with van der Waals surface area (Å²) in [6.07, 6.45) is 5.96. The number of nitrogens with zero attached hydrogens (tertiary/aromatic N) is 3. The summed E-state index contributed by atoms with van der Waals surface area (Å²) < 4.78 is 1.82. The summed E-state index contributed by atoms with van der Waals surface area (Å²) >= 11 is 6.00. The zero-order chi connectivity index (χ0) is 16.4. The van der Waals surface area contributed by atoms with Crippen LogP contribution in [0.2, 0.25) is 5.02 Å². The van der Waals surface area contributed by atoms with E-state index in [4.69, 9.17) is 11.6 Å². The molecule has 0 N–H and O–H groups in total. The van der Waals surface area contributed by atoms with Crippen molar-refractivity contribution in [2.24, 2.45) is 13.0 Å². The lowest BCUT2D eigenvalue weighted by molar-refractivity contribution is 0.0811. The number of Topliss-reactive ketones (excluding diaryl/α,β-unsaturated/α-hetero) is 1. The molecular weight excluding hydrogens is 310 g/mol. The molecule has 2 aromatic rings. The number of hydrogen-bond donors (Lipinski definition) is 0. The van der Waals surface area contributed by atoms with E-state index >= 15 is 0 Å². The molecule has 1 aliphatic heterocycles. The molecule has 0 aliphatic carbocycles. The van der Waals surface area contributed by atoms with Crippen LogP contribution < -0.4 is 0 Å². The molecule has 1 unspecified atom stereocenters. The minimum Gasteiger partial charge on any atom is -0.298 e. The van der Waals surface area contributed by atoms with Crippen LogP contribution in [-0.4, -0.2) is 33.6 Å². The molecule has 23 heavy (non-hydrogen) atoms. The number of hydrogen-bond acceptors (Lipinski definition) is 3. The maximum Gasteiger partial charge on any atom is 0.167 e. The third kappa shape index (κ3) is 3.82. The Labute approximate surface area is 142 Å². The number of benzene rings is 1. The lowest BCUT2D eigenvalue weighted by Gasteiger charge is -2.31. The fourth-order valence-corrected chi connectivity index (χ4v) is 3.57. The zero-order valence-electron chi connectivity index (χ0n) is 13.6. The van der Waals surface area contributed by atoms with Gasteiger partial charge in [0.2, 0.25) is 0 Å². The van der Waals surface area contributed by atoms with Crippen molar-refractivity contribution in [2.45, 2.75) is 26.3 Å². The van der Waals surface area contributed by atoms with E-state index in [-0.39, 0.29) is 11.7 Å². The summed E-state index contributed by atoms with van der Waals surface area (Å²) in [5.74, 6) is 0.315. The molecular formula is C18H22ClN3O. The maximum atomic E-state index is 12.8. The van der Waals surface area contributed by atoms with Gasteiger partial charge in [0.15, 0.2) is 5.78 Å². The maximum absolute atomic E-state index is 12.8. The molecule has 4 nitrogen and oxygen atoms in total. The van der Waals surface area contributed by atoms with Crippen molar-refractivity contribution >= 4 is 17.4 Å². The molecule has 1 fully saturated rings. The lowest BCUT2D eigenvalue weighted by Crippen LogP contribution is -2.38. The van der Waals surface area contributed by atoms with Gasteiger partial charge in [0, 0.05) is 48.4 Å². The van der Waals surface area contributed by atoms with E-state index in [0.29, 0.717) is 5.02 Å². The number of piperidine rings is 1. The summed E-state index contributed by atoms with van der Waals surface area (Å²) in [4.78, 5) is 15.2. The van der Waals surface area contributed by atoms with Gasteiger partial charge in [0.25, 0.3) is 0 Å². The van der Waals surface area contributed by atoms with Crippen molar-refractivity contribution < 1.29 is 4.79 Å². The van der Waals surface area contributed by atoms with Gasteiger partial charge in [-0.15, -0.1) is 0 Å². The minimum absolute atomic E-state index is 0.0697. The van der Waals surface area contributed by atoms with Crippen molar-refractivity contribution in [3.8, 4) is 0 Å². The molecule has 1 aromatic heterocycles. The largest absolute Gasteiger partial charge is 0.298 e. The SMILES string of the molecule is Cc1cc(Cl)ccc1C(=O)C1CCCN(Cc2cnn(C)c2)C1. The molecule has 0 spiro atoms. The third-order valence-electron chi connectivity index (χ3n) is 4.49. The fraction of sp³-hybridized carbons (Fsp3) is 0.444. The Balaban J connectivity index is 1.69. The summed E-state index contributed by atoms with van der Waals surface area (Å²) in [6.45, 7) is 4.67. The van der Waals surface area contributed by atoms with Gasteiger partial charge in [-0.1, -0.05) is 11.6 Å². The van der Waals surface area contributed by atoms with Crippen LogP contribution in [0.15, 0.2) is 30.6 Å². The van der Waals surface area contributed by atoms with Crippen molar-refractivity contribution in [1.82, 2.24) is 14.7 Å².